The van der Waals surface area contributed by atoms with Crippen LogP contribution < -0.4 is 4.74 Å². The third-order valence-electron chi connectivity index (χ3n) is 2.62. The van der Waals surface area contributed by atoms with Crippen molar-refractivity contribution in [3.05, 3.63) is 53.8 Å². The normalized spacial score (nSPS) is 11.2. The summed E-state index contributed by atoms with van der Waals surface area (Å²) in [5, 5.41) is 8.86. The van der Waals surface area contributed by atoms with Crippen LogP contribution >= 0.6 is 0 Å². The predicted octanol–water partition coefficient (Wildman–Crippen LogP) is 4.09. The summed E-state index contributed by atoms with van der Waals surface area (Å²) < 4.78 is 53.5. The van der Waals surface area contributed by atoms with Crippen molar-refractivity contribution in [3.8, 4) is 16.9 Å². The summed E-state index contributed by atoms with van der Waals surface area (Å²) in [6.07, 6.45) is -5.01. The molecule has 0 radical (unpaired) electrons. The average Bonchev–Trinajstić information content (AvgIpc) is 2.37. The van der Waals surface area contributed by atoms with E-state index in [1.54, 1.807) is 0 Å². The van der Waals surface area contributed by atoms with Crippen LogP contribution in [0.2, 0.25) is 0 Å². The summed E-state index contributed by atoms with van der Waals surface area (Å²) in [6.45, 7) is 0. The predicted molar refractivity (Wildman–Crippen MR) is 65.5 cm³/mol. The fourth-order valence-electron chi connectivity index (χ4n) is 1.73. The van der Waals surface area contributed by atoms with Gasteiger partial charge in [-0.15, -0.1) is 13.2 Å². The minimum absolute atomic E-state index is 0.277. The molecule has 0 amide bonds. The van der Waals surface area contributed by atoms with Gasteiger partial charge in [0.1, 0.15) is 17.1 Å². The minimum Gasteiger partial charge on any atom is -0.478 e. The molecule has 0 aliphatic rings. The minimum atomic E-state index is -5.01. The molecule has 0 aromatic heterocycles. The number of ether oxygens (including phenoxy) is 1. The number of hydrogen-bond acceptors (Lipinski definition) is 2. The number of aromatic carboxylic acids is 1. The number of halogens is 4. The molecule has 110 valence electrons. The van der Waals surface area contributed by atoms with E-state index in [2.05, 4.69) is 4.74 Å². The van der Waals surface area contributed by atoms with Crippen LogP contribution in [0.1, 0.15) is 10.4 Å². The molecule has 2 rings (SSSR count). The molecular formula is C14H8F4O3. The van der Waals surface area contributed by atoms with Crippen LogP contribution in [0.3, 0.4) is 0 Å². The molecule has 2 aromatic carbocycles. The topological polar surface area (TPSA) is 46.5 Å². The van der Waals surface area contributed by atoms with Gasteiger partial charge in [-0.3, -0.25) is 0 Å². The fraction of sp³-hybridized carbons (Fsp3) is 0.0714. The van der Waals surface area contributed by atoms with E-state index in [0.29, 0.717) is 5.56 Å². The third-order valence-corrected chi connectivity index (χ3v) is 2.62. The maximum absolute atomic E-state index is 12.8. The van der Waals surface area contributed by atoms with Crippen LogP contribution in [-0.2, 0) is 0 Å². The van der Waals surface area contributed by atoms with Gasteiger partial charge in [0.15, 0.2) is 0 Å². The van der Waals surface area contributed by atoms with Gasteiger partial charge in [-0.05, 0) is 35.4 Å². The van der Waals surface area contributed by atoms with Crippen LogP contribution in [0.5, 0.6) is 5.75 Å². The Kier molecular flexibility index (Phi) is 3.84. The van der Waals surface area contributed by atoms with Gasteiger partial charge in [-0.1, -0.05) is 18.2 Å². The highest BCUT2D eigenvalue weighted by atomic mass is 19.4. The number of alkyl halides is 3. The first kappa shape index (κ1) is 14.8. The summed E-state index contributed by atoms with van der Waals surface area (Å²) in [5.41, 5.74) is 0.0952. The second-order valence-corrected chi connectivity index (χ2v) is 4.07. The van der Waals surface area contributed by atoms with Gasteiger partial charge in [-0.2, -0.15) is 0 Å². The molecule has 0 heterocycles. The molecule has 0 saturated heterocycles. The van der Waals surface area contributed by atoms with Gasteiger partial charge in [-0.25, -0.2) is 9.18 Å². The zero-order valence-electron chi connectivity index (χ0n) is 10.3. The molecule has 0 unspecified atom stereocenters. The van der Waals surface area contributed by atoms with Crippen molar-refractivity contribution in [1.82, 2.24) is 0 Å². The summed E-state index contributed by atoms with van der Waals surface area (Å²) in [4.78, 5) is 10.9. The Morgan fingerprint density at radius 1 is 1.00 bits per heavy atom. The van der Waals surface area contributed by atoms with Gasteiger partial charge in [0.25, 0.3) is 0 Å². The number of hydrogen-bond donors (Lipinski definition) is 1. The standard InChI is InChI=1S/C14H8F4O3/c15-10-4-1-8(2-5-10)9-3-6-11(13(19)20)12(7-9)21-14(16,17)18/h1-7H,(H,19,20). The monoisotopic (exact) mass is 300 g/mol. The van der Waals surface area contributed by atoms with E-state index in [1.807, 2.05) is 0 Å². The molecule has 2 aromatic rings. The third kappa shape index (κ3) is 3.71. The lowest BCUT2D eigenvalue weighted by Crippen LogP contribution is -2.19. The van der Waals surface area contributed by atoms with E-state index in [1.165, 1.54) is 18.2 Å². The molecule has 0 fully saturated rings. The average molecular weight is 300 g/mol. The molecule has 3 nitrogen and oxygen atoms in total. The molecular weight excluding hydrogens is 292 g/mol. The summed E-state index contributed by atoms with van der Waals surface area (Å²) in [5.74, 6) is -2.86. The van der Waals surface area contributed by atoms with E-state index in [4.69, 9.17) is 5.11 Å². The van der Waals surface area contributed by atoms with E-state index < -0.39 is 29.5 Å². The lowest BCUT2D eigenvalue weighted by molar-refractivity contribution is -0.274. The van der Waals surface area contributed by atoms with Crippen LogP contribution in [0.25, 0.3) is 11.1 Å². The second-order valence-electron chi connectivity index (χ2n) is 4.07. The molecule has 0 atom stereocenters. The Morgan fingerprint density at radius 2 is 1.57 bits per heavy atom. The van der Waals surface area contributed by atoms with E-state index in [0.717, 1.165) is 24.3 Å². The molecule has 1 N–H and O–H groups in total. The zero-order chi connectivity index (χ0) is 15.6. The summed E-state index contributed by atoms with van der Waals surface area (Å²) >= 11 is 0. The lowest BCUT2D eigenvalue weighted by Gasteiger charge is -2.13. The number of benzene rings is 2. The summed E-state index contributed by atoms with van der Waals surface area (Å²) in [7, 11) is 0. The Labute approximate surface area is 116 Å². The van der Waals surface area contributed by atoms with Crippen molar-refractivity contribution < 1.29 is 32.2 Å². The number of carboxylic acid groups (broad SMARTS) is 1. The first-order valence-electron chi connectivity index (χ1n) is 5.65. The molecule has 7 heteroatoms. The van der Waals surface area contributed by atoms with Crippen LogP contribution in [0.15, 0.2) is 42.5 Å². The van der Waals surface area contributed by atoms with E-state index >= 15 is 0 Å². The van der Waals surface area contributed by atoms with Crippen molar-refractivity contribution in [2.45, 2.75) is 6.36 Å². The highest BCUT2D eigenvalue weighted by molar-refractivity contribution is 5.92. The Hall–Kier alpha value is -2.57. The van der Waals surface area contributed by atoms with Crippen LogP contribution in [0.4, 0.5) is 17.6 Å². The van der Waals surface area contributed by atoms with Gasteiger partial charge < -0.3 is 9.84 Å². The number of carbonyl (C=O) groups is 1. The SMILES string of the molecule is O=C(O)c1ccc(-c2ccc(F)cc2)cc1OC(F)(F)F. The Balaban J connectivity index is 2.48. The van der Waals surface area contributed by atoms with Gasteiger partial charge in [0.05, 0.1) is 0 Å². The van der Waals surface area contributed by atoms with Crippen molar-refractivity contribution in [2.75, 3.05) is 0 Å². The van der Waals surface area contributed by atoms with Gasteiger partial charge in [0, 0.05) is 0 Å². The molecule has 0 aliphatic carbocycles. The van der Waals surface area contributed by atoms with E-state index in [9.17, 15) is 22.4 Å². The summed E-state index contributed by atoms with van der Waals surface area (Å²) in [6, 6.07) is 8.28. The zero-order valence-corrected chi connectivity index (χ0v) is 10.3. The molecule has 0 bridgehead atoms. The molecule has 21 heavy (non-hydrogen) atoms. The van der Waals surface area contributed by atoms with E-state index in [-0.39, 0.29) is 5.56 Å². The van der Waals surface area contributed by atoms with Crippen LogP contribution in [0, 0.1) is 5.82 Å². The number of rotatable bonds is 3. The Bertz CT molecular complexity index is 663. The number of carboxylic acids is 1. The maximum Gasteiger partial charge on any atom is 0.573 e. The van der Waals surface area contributed by atoms with Crippen molar-refractivity contribution in [1.29, 1.82) is 0 Å². The Morgan fingerprint density at radius 3 is 2.10 bits per heavy atom. The van der Waals surface area contributed by atoms with Crippen molar-refractivity contribution >= 4 is 5.97 Å². The maximum atomic E-state index is 12.8. The van der Waals surface area contributed by atoms with Gasteiger partial charge in [0.2, 0.25) is 0 Å². The molecule has 0 spiro atoms. The first-order chi connectivity index (χ1) is 9.76. The fourth-order valence-corrected chi connectivity index (χ4v) is 1.73. The second kappa shape index (κ2) is 5.43. The largest absolute Gasteiger partial charge is 0.573 e. The quantitative estimate of drug-likeness (QED) is 0.868. The molecule has 0 saturated carbocycles. The molecule has 0 aliphatic heterocycles. The highest BCUT2D eigenvalue weighted by Crippen LogP contribution is 2.31. The van der Waals surface area contributed by atoms with Gasteiger partial charge >= 0.3 is 12.3 Å². The lowest BCUT2D eigenvalue weighted by atomic mass is 10.0. The van der Waals surface area contributed by atoms with Crippen molar-refractivity contribution in [2.24, 2.45) is 0 Å². The first-order valence-corrected chi connectivity index (χ1v) is 5.65. The smallest absolute Gasteiger partial charge is 0.478 e. The van der Waals surface area contributed by atoms with Crippen LogP contribution in [-0.4, -0.2) is 17.4 Å². The van der Waals surface area contributed by atoms with Crippen molar-refractivity contribution in [3.63, 3.8) is 0 Å². The highest BCUT2D eigenvalue weighted by Gasteiger charge is 2.33.